The molecule has 3 N–H and O–H groups in total. The molecule has 224 valence electrons. The number of carbonyl (C=O) groups excluding carboxylic acids is 3. The van der Waals surface area contributed by atoms with E-state index in [1.54, 1.807) is 24.5 Å². The monoisotopic (exact) mass is 588 g/mol. The van der Waals surface area contributed by atoms with Gasteiger partial charge in [-0.1, -0.05) is 6.92 Å². The average Bonchev–Trinajstić information content (AvgIpc) is 3.64. The molecule has 1 saturated heterocycles. The first-order chi connectivity index (χ1) is 20.6. The highest BCUT2D eigenvalue weighted by molar-refractivity contribution is 5.95. The van der Waals surface area contributed by atoms with Crippen molar-refractivity contribution in [1.29, 1.82) is 0 Å². The molecule has 2 aliphatic heterocycles. The van der Waals surface area contributed by atoms with E-state index in [-0.39, 0.29) is 48.9 Å². The molecular formula is C32H33FN4O6. The van der Waals surface area contributed by atoms with Gasteiger partial charge in [0.2, 0.25) is 11.8 Å². The van der Waals surface area contributed by atoms with Crippen LogP contribution in [0.5, 0.6) is 0 Å². The maximum atomic E-state index is 15.1. The lowest BCUT2D eigenvalue weighted by atomic mass is 9.77. The van der Waals surface area contributed by atoms with E-state index < -0.39 is 30.2 Å². The van der Waals surface area contributed by atoms with E-state index in [0.717, 1.165) is 22.1 Å². The number of rotatable bonds is 4. The van der Waals surface area contributed by atoms with Crippen LogP contribution in [0.15, 0.2) is 16.9 Å². The summed E-state index contributed by atoms with van der Waals surface area (Å²) in [7, 11) is 0. The van der Waals surface area contributed by atoms with Crippen LogP contribution in [0.25, 0.3) is 22.3 Å². The van der Waals surface area contributed by atoms with Crippen molar-refractivity contribution in [1.82, 2.24) is 19.8 Å². The van der Waals surface area contributed by atoms with Crippen LogP contribution in [0.2, 0.25) is 0 Å². The molecule has 2 amide bonds. The van der Waals surface area contributed by atoms with Gasteiger partial charge in [0.05, 0.1) is 29.5 Å². The molecule has 0 spiro atoms. The van der Waals surface area contributed by atoms with Crippen molar-refractivity contribution in [2.24, 2.45) is 0 Å². The largest absolute Gasteiger partial charge is 0.387 e. The summed E-state index contributed by atoms with van der Waals surface area (Å²) in [6, 6.07) is 1.89. The fourth-order valence-electron chi connectivity index (χ4n) is 7.78. The molecule has 3 atom stereocenters. The van der Waals surface area contributed by atoms with Crippen LogP contribution >= 0.6 is 0 Å². The molecule has 1 aromatic carbocycles. The van der Waals surface area contributed by atoms with Crippen molar-refractivity contribution in [3.05, 3.63) is 61.7 Å². The average molecular weight is 589 g/mol. The summed E-state index contributed by atoms with van der Waals surface area (Å²) in [4.78, 5) is 58.8. The quantitative estimate of drug-likeness (QED) is 0.331. The molecule has 0 radical (unpaired) electrons. The molecule has 0 bridgehead atoms. The van der Waals surface area contributed by atoms with Crippen LogP contribution in [0, 0.1) is 12.7 Å². The van der Waals surface area contributed by atoms with Crippen LogP contribution in [0.4, 0.5) is 4.39 Å². The number of hydrogen-bond donors (Lipinski definition) is 3. The van der Waals surface area contributed by atoms with Crippen LogP contribution in [0.1, 0.15) is 78.5 Å². The maximum Gasteiger partial charge on any atom is 0.254 e. The molecule has 1 fully saturated rings. The first kappa shape index (κ1) is 27.8. The van der Waals surface area contributed by atoms with Gasteiger partial charge in [-0.25, -0.2) is 9.37 Å². The number of hydrogen-bond acceptors (Lipinski definition) is 7. The number of aromatic nitrogens is 2. The summed E-state index contributed by atoms with van der Waals surface area (Å²) in [5.74, 6) is -1.52. The normalized spacial score (nSPS) is 23.7. The number of benzene rings is 1. The minimum Gasteiger partial charge on any atom is -0.387 e. The first-order valence-corrected chi connectivity index (χ1v) is 15.0. The lowest BCUT2D eigenvalue weighted by Gasteiger charge is -2.32. The van der Waals surface area contributed by atoms with Crippen molar-refractivity contribution < 1.29 is 29.0 Å². The Balaban J connectivity index is 1.40. The van der Waals surface area contributed by atoms with Crippen molar-refractivity contribution in [3.8, 4) is 11.4 Å². The second kappa shape index (κ2) is 9.78. The number of aliphatic hydroxyl groups excluding tert-OH is 1. The van der Waals surface area contributed by atoms with Crippen molar-refractivity contribution in [3.63, 3.8) is 0 Å². The molecule has 3 aromatic rings. The van der Waals surface area contributed by atoms with Gasteiger partial charge < -0.3 is 25.0 Å². The van der Waals surface area contributed by atoms with Gasteiger partial charge in [0.25, 0.3) is 5.56 Å². The molecule has 2 aliphatic carbocycles. The van der Waals surface area contributed by atoms with E-state index in [9.17, 15) is 29.4 Å². The third kappa shape index (κ3) is 3.87. The number of likely N-dealkylation sites (tertiary alicyclic amines) is 1. The lowest BCUT2D eigenvalue weighted by molar-refractivity contribution is -0.140. The van der Waals surface area contributed by atoms with E-state index in [1.807, 2.05) is 0 Å². The zero-order chi connectivity index (χ0) is 30.4. The summed E-state index contributed by atoms with van der Waals surface area (Å²) in [6.45, 7) is 3.36. The Morgan fingerprint density at radius 3 is 2.67 bits per heavy atom. The fourth-order valence-corrected chi connectivity index (χ4v) is 7.78. The van der Waals surface area contributed by atoms with E-state index in [1.165, 1.54) is 11.0 Å². The summed E-state index contributed by atoms with van der Waals surface area (Å²) in [5.41, 5.74) is 2.85. The molecule has 0 saturated carbocycles. The minimum absolute atomic E-state index is 0.0826. The lowest BCUT2D eigenvalue weighted by Crippen LogP contribution is -2.48. The molecule has 4 aliphatic rings. The summed E-state index contributed by atoms with van der Waals surface area (Å²) >= 11 is 0. The first-order valence-electron chi connectivity index (χ1n) is 15.0. The molecule has 2 aromatic heterocycles. The van der Waals surface area contributed by atoms with Crippen molar-refractivity contribution in [2.45, 2.75) is 83.0 Å². The van der Waals surface area contributed by atoms with Gasteiger partial charge in [0.15, 0.2) is 5.78 Å². The van der Waals surface area contributed by atoms with Crippen LogP contribution in [-0.2, 0) is 39.4 Å². The van der Waals surface area contributed by atoms with E-state index in [0.29, 0.717) is 65.8 Å². The number of pyridine rings is 2. The SMILES string of the molecule is CC[C@@]1(O)C(=O)CCc2c1cc1n(c2=O)Cc2c-1nc1cc(F)c(C)c3c1c2[C@@H](NC(=O)[C@@H]1CCCN1C(=O)CO)CC3. The molecule has 43 heavy (non-hydrogen) atoms. The third-order valence-corrected chi connectivity index (χ3v) is 10.1. The van der Waals surface area contributed by atoms with Crippen LogP contribution in [0.3, 0.4) is 0 Å². The topological polar surface area (TPSA) is 142 Å². The highest BCUT2D eigenvalue weighted by Gasteiger charge is 2.44. The Morgan fingerprint density at radius 1 is 1.14 bits per heavy atom. The molecule has 11 heteroatoms. The van der Waals surface area contributed by atoms with Gasteiger partial charge in [0, 0.05) is 41.1 Å². The van der Waals surface area contributed by atoms with Crippen molar-refractivity contribution in [2.75, 3.05) is 13.2 Å². The smallest absolute Gasteiger partial charge is 0.254 e. The second-order valence-corrected chi connectivity index (χ2v) is 12.2. The van der Waals surface area contributed by atoms with Crippen molar-refractivity contribution >= 4 is 28.5 Å². The number of carbonyl (C=O) groups is 3. The van der Waals surface area contributed by atoms with Gasteiger partial charge in [-0.2, -0.15) is 0 Å². The number of ketones is 1. The Morgan fingerprint density at radius 2 is 1.93 bits per heavy atom. The van der Waals surface area contributed by atoms with Gasteiger partial charge in [-0.15, -0.1) is 0 Å². The summed E-state index contributed by atoms with van der Waals surface area (Å²) in [6.07, 6.45) is 2.59. The minimum atomic E-state index is -1.76. The van der Waals surface area contributed by atoms with Gasteiger partial charge >= 0.3 is 0 Å². The van der Waals surface area contributed by atoms with E-state index in [4.69, 9.17) is 4.98 Å². The predicted octanol–water partition coefficient (Wildman–Crippen LogP) is 2.07. The fraction of sp³-hybridized carbons (Fsp3) is 0.469. The number of Topliss-reactive ketones (excluding diaryl/α,β-unsaturated/α-hetero) is 1. The highest BCUT2D eigenvalue weighted by Crippen LogP contribution is 2.46. The number of nitrogens with one attached hydrogen (secondary N) is 1. The number of nitrogens with zero attached hydrogens (tertiary/aromatic N) is 3. The number of halogens is 1. The second-order valence-electron chi connectivity index (χ2n) is 12.2. The Bertz CT molecular complexity index is 1830. The van der Waals surface area contributed by atoms with Crippen LogP contribution in [-0.4, -0.2) is 61.5 Å². The molecular weight excluding hydrogens is 555 g/mol. The molecule has 4 heterocycles. The Kier molecular flexibility index (Phi) is 6.34. The van der Waals surface area contributed by atoms with E-state index in [2.05, 4.69) is 5.32 Å². The van der Waals surface area contributed by atoms with Gasteiger partial charge in [-0.3, -0.25) is 19.2 Å². The molecule has 7 rings (SSSR count). The highest BCUT2D eigenvalue weighted by atomic mass is 19.1. The number of amides is 2. The predicted molar refractivity (Wildman–Crippen MR) is 154 cm³/mol. The third-order valence-electron chi connectivity index (χ3n) is 10.1. The molecule has 0 unspecified atom stereocenters. The number of aliphatic hydroxyl groups is 2. The summed E-state index contributed by atoms with van der Waals surface area (Å²) < 4.78 is 16.8. The zero-order valence-corrected chi connectivity index (χ0v) is 24.1. The summed E-state index contributed by atoms with van der Waals surface area (Å²) in [5, 5.41) is 24.7. The Labute approximate surface area is 246 Å². The number of aryl methyl sites for hydroxylation is 1. The van der Waals surface area contributed by atoms with Gasteiger partial charge in [0.1, 0.15) is 24.1 Å². The van der Waals surface area contributed by atoms with Crippen LogP contribution < -0.4 is 10.9 Å². The Hall–Kier alpha value is -3.96. The van der Waals surface area contributed by atoms with E-state index >= 15 is 4.39 Å². The zero-order valence-electron chi connectivity index (χ0n) is 24.1. The number of fused-ring (bicyclic) bond motifs is 5. The maximum absolute atomic E-state index is 15.1. The molecule has 10 nitrogen and oxygen atoms in total. The standard InChI is InChI=1S/C32H33FN4O6/c1-3-32(43)19-11-24-29-18(13-37(24)31(42)17(19)7-9-25(32)39)28-21(35-30(41)23-5-4-10-36(23)26(40)14-38)8-6-16-15(2)20(33)12-22(34-29)27(16)28/h11-12,21,23,38,43H,3-10,13-14H2,1-2H3,(H,35,41)/t21-,23-,32-/m0/s1. The van der Waals surface area contributed by atoms with Gasteiger partial charge in [-0.05, 0) is 68.2 Å².